The Balaban J connectivity index is 1.67. The normalized spacial score (nSPS) is 11.4. The van der Waals surface area contributed by atoms with Crippen LogP contribution in [-0.2, 0) is 16.1 Å². The molecule has 0 saturated heterocycles. The third kappa shape index (κ3) is 4.75. The molecule has 0 saturated carbocycles. The van der Waals surface area contributed by atoms with Gasteiger partial charge >= 0.3 is 5.97 Å². The number of nitrogens with zero attached hydrogens (tertiary/aromatic N) is 2. The minimum absolute atomic E-state index is 0.0263. The molecule has 2 aromatic carbocycles. The number of hydrogen-bond acceptors (Lipinski definition) is 5. The van der Waals surface area contributed by atoms with Gasteiger partial charge in [-0.1, -0.05) is 42.0 Å². The topological polar surface area (TPSA) is 80.9 Å². The average molecular weight is 396 g/mol. The largest absolute Gasteiger partial charge is 0.507 e. The van der Waals surface area contributed by atoms with Gasteiger partial charge in [-0.25, -0.2) is 4.79 Å². The summed E-state index contributed by atoms with van der Waals surface area (Å²) in [5, 5.41) is 11.8. The van der Waals surface area contributed by atoms with Crippen molar-refractivity contribution >= 4 is 23.2 Å². The van der Waals surface area contributed by atoms with Crippen molar-refractivity contribution in [1.29, 1.82) is 0 Å². The molecule has 1 amide bonds. The molecule has 0 unspecified atom stereocenters. The van der Waals surface area contributed by atoms with E-state index in [1.807, 2.05) is 47.3 Å². The second-order valence-electron chi connectivity index (χ2n) is 6.35. The number of hydrogen-bond donors (Lipinski definition) is 1. The summed E-state index contributed by atoms with van der Waals surface area (Å²) in [5.74, 6) is -1.48. The Kier molecular flexibility index (Phi) is 6.06. The summed E-state index contributed by atoms with van der Waals surface area (Å²) in [6, 6.07) is 12.9. The van der Waals surface area contributed by atoms with Gasteiger partial charge in [0, 0.05) is 18.1 Å². The minimum atomic E-state index is -0.761. The second kappa shape index (κ2) is 8.67. The number of carbonyl (C=O) groups is 2. The van der Waals surface area contributed by atoms with Crippen molar-refractivity contribution in [3.05, 3.63) is 81.1 Å². The van der Waals surface area contributed by atoms with Crippen LogP contribution in [0.15, 0.2) is 59.0 Å². The van der Waals surface area contributed by atoms with Gasteiger partial charge in [0.1, 0.15) is 11.3 Å². The van der Waals surface area contributed by atoms with E-state index < -0.39 is 18.5 Å². The molecule has 6 nitrogen and oxygen atoms in total. The highest BCUT2D eigenvalue weighted by molar-refractivity contribution is 7.07. The number of carbonyl (C=O) groups excluding carboxylic acids is 2. The lowest BCUT2D eigenvalue weighted by molar-refractivity contribution is -0.121. The van der Waals surface area contributed by atoms with E-state index in [0.717, 1.165) is 5.56 Å². The van der Waals surface area contributed by atoms with Crippen LogP contribution in [0.25, 0.3) is 0 Å². The predicted octanol–water partition coefficient (Wildman–Crippen LogP) is 3.20. The number of benzene rings is 2. The van der Waals surface area contributed by atoms with Gasteiger partial charge in [-0.15, -0.1) is 11.3 Å². The zero-order valence-electron chi connectivity index (χ0n) is 15.6. The summed E-state index contributed by atoms with van der Waals surface area (Å²) < 4.78 is 6.86. The predicted molar refractivity (Wildman–Crippen MR) is 106 cm³/mol. The fourth-order valence-electron chi connectivity index (χ4n) is 2.56. The van der Waals surface area contributed by atoms with Crippen LogP contribution < -0.4 is 4.80 Å². The number of aromatic nitrogens is 1. The first-order chi connectivity index (χ1) is 13.4. The molecule has 0 fully saturated rings. The molecule has 0 aliphatic carbocycles. The van der Waals surface area contributed by atoms with E-state index in [-0.39, 0.29) is 11.3 Å². The first kappa shape index (κ1) is 19.6. The molecule has 3 aromatic rings. The molecule has 0 bridgehead atoms. The summed E-state index contributed by atoms with van der Waals surface area (Å²) in [6.07, 6.45) is 1.85. The van der Waals surface area contributed by atoms with Crippen molar-refractivity contribution in [2.24, 2.45) is 4.99 Å². The molecular weight excluding hydrogens is 376 g/mol. The maximum absolute atomic E-state index is 12.1. The number of phenols is 1. The molecule has 28 heavy (non-hydrogen) atoms. The van der Waals surface area contributed by atoms with E-state index in [2.05, 4.69) is 4.99 Å². The van der Waals surface area contributed by atoms with Crippen LogP contribution in [0.1, 0.15) is 27.0 Å². The lowest BCUT2D eigenvalue weighted by Gasteiger charge is -2.06. The number of amides is 1. The van der Waals surface area contributed by atoms with Gasteiger partial charge in [0.25, 0.3) is 5.91 Å². The lowest BCUT2D eigenvalue weighted by atomic mass is 10.1. The standard InChI is InChI=1S/C21H20N2O4S/c1-14-6-8-16(9-7-14)12-23-10-11-28-21(23)22-18(24)13-27-20(26)17-5-3-4-15(2)19(17)25/h3-11,25H,12-13H2,1-2H3. The molecule has 0 atom stereocenters. The smallest absolute Gasteiger partial charge is 0.342 e. The molecule has 1 N–H and O–H groups in total. The van der Waals surface area contributed by atoms with Crippen LogP contribution in [0.4, 0.5) is 0 Å². The highest BCUT2D eigenvalue weighted by atomic mass is 32.1. The van der Waals surface area contributed by atoms with Crippen molar-refractivity contribution in [1.82, 2.24) is 4.57 Å². The Morgan fingerprint density at radius 2 is 1.89 bits per heavy atom. The molecule has 1 aromatic heterocycles. The molecule has 0 spiro atoms. The molecule has 0 aliphatic rings. The van der Waals surface area contributed by atoms with Crippen molar-refractivity contribution in [2.45, 2.75) is 20.4 Å². The summed E-state index contributed by atoms with van der Waals surface area (Å²) in [5.41, 5.74) is 2.86. The van der Waals surface area contributed by atoms with Gasteiger partial charge in [-0.3, -0.25) is 4.79 Å². The van der Waals surface area contributed by atoms with E-state index >= 15 is 0 Å². The maximum Gasteiger partial charge on any atom is 0.342 e. The zero-order chi connectivity index (χ0) is 20.1. The van der Waals surface area contributed by atoms with E-state index in [0.29, 0.717) is 16.9 Å². The molecule has 0 radical (unpaired) electrons. The van der Waals surface area contributed by atoms with Gasteiger partial charge < -0.3 is 14.4 Å². The molecular formula is C21H20N2O4S. The van der Waals surface area contributed by atoms with Crippen molar-refractivity contribution in [3.8, 4) is 5.75 Å². The summed E-state index contributed by atoms with van der Waals surface area (Å²) >= 11 is 1.33. The van der Waals surface area contributed by atoms with Gasteiger partial charge in [-0.05, 0) is 31.0 Å². The number of aromatic hydroxyl groups is 1. The lowest BCUT2D eigenvalue weighted by Crippen LogP contribution is -2.20. The summed E-state index contributed by atoms with van der Waals surface area (Å²) in [7, 11) is 0. The number of aryl methyl sites for hydroxylation is 2. The van der Waals surface area contributed by atoms with Crippen molar-refractivity contribution in [2.75, 3.05) is 6.61 Å². The van der Waals surface area contributed by atoms with E-state index in [9.17, 15) is 14.7 Å². The Morgan fingerprint density at radius 3 is 2.64 bits per heavy atom. The van der Waals surface area contributed by atoms with E-state index in [1.165, 1.54) is 23.0 Å². The number of esters is 1. The Labute approximate surface area is 166 Å². The third-order valence-corrected chi connectivity index (χ3v) is 4.93. The fourth-order valence-corrected chi connectivity index (χ4v) is 3.31. The fraction of sp³-hybridized carbons (Fsp3) is 0.190. The number of ether oxygens (including phenoxy) is 1. The number of para-hydroxylation sites is 1. The zero-order valence-corrected chi connectivity index (χ0v) is 16.4. The molecule has 3 rings (SSSR count). The maximum atomic E-state index is 12.1. The first-order valence-corrected chi connectivity index (χ1v) is 9.55. The first-order valence-electron chi connectivity index (χ1n) is 8.67. The Hall–Kier alpha value is -3.19. The van der Waals surface area contributed by atoms with Crippen LogP contribution >= 0.6 is 11.3 Å². The summed E-state index contributed by atoms with van der Waals surface area (Å²) in [6.45, 7) is 3.80. The Bertz CT molecular complexity index is 1060. The molecule has 0 aliphatic heterocycles. The highest BCUT2D eigenvalue weighted by Crippen LogP contribution is 2.22. The number of phenolic OH excluding ortho intramolecular Hbond substituents is 1. The van der Waals surface area contributed by atoms with Gasteiger partial charge in [-0.2, -0.15) is 4.99 Å². The number of rotatable bonds is 5. The SMILES string of the molecule is Cc1ccc(Cn2ccsc2=NC(=O)COC(=O)c2cccc(C)c2O)cc1. The number of thiazole rings is 1. The van der Waals surface area contributed by atoms with Crippen LogP contribution in [0.3, 0.4) is 0 Å². The van der Waals surface area contributed by atoms with E-state index in [4.69, 9.17) is 4.74 Å². The van der Waals surface area contributed by atoms with Gasteiger partial charge in [0.15, 0.2) is 11.4 Å². The molecule has 7 heteroatoms. The molecule has 1 heterocycles. The monoisotopic (exact) mass is 396 g/mol. The van der Waals surface area contributed by atoms with Gasteiger partial charge in [0.05, 0.1) is 0 Å². The van der Waals surface area contributed by atoms with Gasteiger partial charge in [0.2, 0.25) is 0 Å². The Morgan fingerprint density at radius 1 is 1.14 bits per heavy atom. The van der Waals surface area contributed by atoms with Crippen molar-refractivity contribution < 1.29 is 19.4 Å². The summed E-state index contributed by atoms with van der Waals surface area (Å²) in [4.78, 5) is 28.8. The van der Waals surface area contributed by atoms with Crippen LogP contribution in [0.2, 0.25) is 0 Å². The van der Waals surface area contributed by atoms with Crippen molar-refractivity contribution in [3.63, 3.8) is 0 Å². The third-order valence-electron chi connectivity index (χ3n) is 4.14. The highest BCUT2D eigenvalue weighted by Gasteiger charge is 2.15. The van der Waals surface area contributed by atoms with E-state index in [1.54, 1.807) is 19.1 Å². The quantitative estimate of drug-likeness (QED) is 0.672. The molecule has 144 valence electrons. The van der Waals surface area contributed by atoms with Crippen LogP contribution in [-0.4, -0.2) is 28.2 Å². The second-order valence-corrected chi connectivity index (χ2v) is 7.22. The minimum Gasteiger partial charge on any atom is -0.507 e. The van der Waals surface area contributed by atoms with Crippen LogP contribution in [0.5, 0.6) is 5.75 Å². The van der Waals surface area contributed by atoms with Crippen LogP contribution in [0, 0.1) is 13.8 Å². The average Bonchev–Trinajstić information content (AvgIpc) is 3.10.